The second-order valence-corrected chi connectivity index (χ2v) is 3.83. The van der Waals surface area contributed by atoms with E-state index < -0.39 is 6.10 Å². The average molecular weight is 211 g/mol. The van der Waals surface area contributed by atoms with Gasteiger partial charge in [0.1, 0.15) is 0 Å². The first-order chi connectivity index (χ1) is 6.59. The average Bonchev–Trinajstić information content (AvgIpc) is 2.47. The predicted octanol–water partition coefficient (Wildman–Crippen LogP) is 2.35. The number of rotatable bonds is 1. The number of aryl methyl sites for hydroxylation is 1. The number of nitrogens with zero attached hydrogens (tertiary/aromatic N) is 2. The number of imidazole rings is 1. The largest absolute Gasteiger partial charge is 0.387 e. The summed E-state index contributed by atoms with van der Waals surface area (Å²) in [6, 6.07) is 1.86. The van der Waals surface area contributed by atoms with Gasteiger partial charge >= 0.3 is 0 Å². The summed E-state index contributed by atoms with van der Waals surface area (Å²) in [7, 11) is 0. The summed E-state index contributed by atoms with van der Waals surface area (Å²) < 4.78 is 1.82. The van der Waals surface area contributed by atoms with Gasteiger partial charge in [-0.15, -0.1) is 0 Å². The van der Waals surface area contributed by atoms with Crippen molar-refractivity contribution in [1.82, 2.24) is 9.38 Å². The molecule has 1 atom stereocenters. The number of aliphatic hydroxyl groups is 1. The summed E-state index contributed by atoms with van der Waals surface area (Å²) in [5.74, 6) is 0. The first-order valence-electron chi connectivity index (χ1n) is 4.41. The van der Waals surface area contributed by atoms with Gasteiger partial charge in [-0.3, -0.25) is 4.40 Å². The molecular weight excluding hydrogens is 200 g/mol. The fraction of sp³-hybridized carbons (Fsp3) is 0.300. The maximum Gasteiger partial charge on any atom is 0.155 e. The van der Waals surface area contributed by atoms with Crippen LogP contribution in [-0.2, 0) is 0 Å². The molecule has 0 saturated heterocycles. The molecule has 2 aromatic heterocycles. The zero-order valence-corrected chi connectivity index (χ0v) is 8.78. The fourth-order valence-electron chi connectivity index (χ4n) is 1.50. The van der Waals surface area contributed by atoms with Crippen LogP contribution in [0, 0.1) is 6.92 Å². The van der Waals surface area contributed by atoms with Crippen molar-refractivity contribution in [2.45, 2.75) is 20.0 Å². The van der Waals surface area contributed by atoms with Crippen molar-refractivity contribution in [3.05, 3.63) is 34.7 Å². The Bertz CT molecular complexity index is 476. The monoisotopic (exact) mass is 210 g/mol. The minimum absolute atomic E-state index is 0.539. The van der Waals surface area contributed by atoms with Crippen molar-refractivity contribution < 1.29 is 5.11 Å². The third-order valence-electron chi connectivity index (χ3n) is 2.15. The van der Waals surface area contributed by atoms with E-state index in [4.69, 9.17) is 11.6 Å². The minimum Gasteiger partial charge on any atom is -0.387 e. The molecule has 0 aromatic carbocycles. The zero-order valence-electron chi connectivity index (χ0n) is 8.03. The van der Waals surface area contributed by atoms with E-state index in [1.807, 2.05) is 23.6 Å². The molecule has 14 heavy (non-hydrogen) atoms. The van der Waals surface area contributed by atoms with Gasteiger partial charge in [0.05, 0.1) is 23.0 Å². The number of pyridine rings is 1. The summed E-state index contributed by atoms with van der Waals surface area (Å²) in [5.41, 5.74) is 2.49. The molecule has 2 rings (SSSR count). The van der Waals surface area contributed by atoms with Crippen LogP contribution in [0.25, 0.3) is 5.65 Å². The van der Waals surface area contributed by atoms with Gasteiger partial charge in [-0.1, -0.05) is 11.6 Å². The van der Waals surface area contributed by atoms with Crippen molar-refractivity contribution in [2.75, 3.05) is 0 Å². The summed E-state index contributed by atoms with van der Waals surface area (Å²) in [6.45, 7) is 3.66. The van der Waals surface area contributed by atoms with Crippen molar-refractivity contribution in [3.63, 3.8) is 0 Å². The SMILES string of the molecule is Cc1cc(Cl)c2ncc(C(C)O)n2c1. The van der Waals surface area contributed by atoms with Crippen molar-refractivity contribution in [3.8, 4) is 0 Å². The topological polar surface area (TPSA) is 37.5 Å². The zero-order chi connectivity index (χ0) is 10.3. The Balaban J connectivity index is 2.78. The van der Waals surface area contributed by atoms with E-state index in [9.17, 15) is 5.11 Å². The van der Waals surface area contributed by atoms with E-state index >= 15 is 0 Å². The highest BCUT2D eigenvalue weighted by molar-refractivity contribution is 6.33. The number of aliphatic hydroxyl groups excluding tert-OH is 1. The van der Waals surface area contributed by atoms with Gasteiger partial charge in [-0.05, 0) is 25.5 Å². The smallest absolute Gasteiger partial charge is 0.155 e. The first kappa shape index (κ1) is 9.49. The molecule has 0 aliphatic carbocycles. The Labute approximate surface area is 87.0 Å². The molecule has 0 spiro atoms. The molecule has 0 saturated carbocycles. The van der Waals surface area contributed by atoms with Crippen LogP contribution >= 0.6 is 11.6 Å². The first-order valence-corrected chi connectivity index (χ1v) is 4.78. The van der Waals surface area contributed by atoms with Gasteiger partial charge in [0.15, 0.2) is 5.65 Å². The molecule has 2 heterocycles. The van der Waals surface area contributed by atoms with Crippen LogP contribution in [0.5, 0.6) is 0 Å². The Morgan fingerprint density at radius 3 is 2.93 bits per heavy atom. The standard InChI is InChI=1S/C10H11ClN2O/c1-6-3-8(11)10-12-4-9(7(2)14)13(10)5-6/h3-5,7,14H,1-2H3. The highest BCUT2D eigenvalue weighted by atomic mass is 35.5. The van der Waals surface area contributed by atoms with E-state index in [-0.39, 0.29) is 0 Å². The Hall–Kier alpha value is -1.06. The molecule has 2 aromatic rings. The summed E-state index contributed by atoms with van der Waals surface area (Å²) in [4.78, 5) is 4.15. The lowest BCUT2D eigenvalue weighted by Gasteiger charge is -2.05. The molecule has 74 valence electrons. The number of halogens is 1. The molecule has 3 nitrogen and oxygen atoms in total. The highest BCUT2D eigenvalue weighted by Gasteiger charge is 2.10. The highest BCUT2D eigenvalue weighted by Crippen LogP contribution is 2.22. The Kier molecular flexibility index (Phi) is 2.21. The minimum atomic E-state index is -0.539. The lowest BCUT2D eigenvalue weighted by molar-refractivity contribution is 0.193. The van der Waals surface area contributed by atoms with E-state index in [1.165, 1.54) is 0 Å². The van der Waals surface area contributed by atoms with Crippen LogP contribution < -0.4 is 0 Å². The number of aromatic nitrogens is 2. The second kappa shape index (κ2) is 3.26. The van der Waals surface area contributed by atoms with E-state index in [0.717, 1.165) is 11.3 Å². The van der Waals surface area contributed by atoms with Crippen LogP contribution in [0.2, 0.25) is 5.02 Å². The van der Waals surface area contributed by atoms with Gasteiger partial charge in [-0.2, -0.15) is 0 Å². The number of fused-ring (bicyclic) bond motifs is 1. The molecule has 4 heteroatoms. The maximum atomic E-state index is 9.49. The van der Waals surface area contributed by atoms with Crippen LogP contribution in [0.4, 0.5) is 0 Å². The summed E-state index contributed by atoms with van der Waals surface area (Å²) in [5, 5.41) is 10.1. The molecular formula is C10H11ClN2O. The molecule has 0 bridgehead atoms. The second-order valence-electron chi connectivity index (χ2n) is 3.42. The third-order valence-corrected chi connectivity index (χ3v) is 2.43. The summed E-state index contributed by atoms with van der Waals surface area (Å²) in [6.07, 6.45) is 3.02. The molecule has 0 aliphatic rings. The third kappa shape index (κ3) is 1.38. The van der Waals surface area contributed by atoms with Crippen molar-refractivity contribution in [2.24, 2.45) is 0 Å². The van der Waals surface area contributed by atoms with Crippen LogP contribution in [0.1, 0.15) is 24.3 Å². The molecule has 0 amide bonds. The van der Waals surface area contributed by atoms with Crippen LogP contribution in [0.15, 0.2) is 18.5 Å². The lowest BCUT2D eigenvalue weighted by Crippen LogP contribution is -1.97. The Morgan fingerprint density at radius 1 is 1.57 bits per heavy atom. The van der Waals surface area contributed by atoms with Crippen LogP contribution in [0.3, 0.4) is 0 Å². The van der Waals surface area contributed by atoms with E-state index in [1.54, 1.807) is 13.1 Å². The molecule has 1 unspecified atom stereocenters. The lowest BCUT2D eigenvalue weighted by atomic mass is 10.3. The quantitative estimate of drug-likeness (QED) is 0.785. The van der Waals surface area contributed by atoms with Gasteiger partial charge in [-0.25, -0.2) is 4.98 Å². The number of hydrogen-bond donors (Lipinski definition) is 1. The van der Waals surface area contributed by atoms with E-state index in [0.29, 0.717) is 10.7 Å². The van der Waals surface area contributed by atoms with E-state index in [2.05, 4.69) is 4.98 Å². The van der Waals surface area contributed by atoms with Crippen LogP contribution in [-0.4, -0.2) is 14.5 Å². The molecule has 1 N–H and O–H groups in total. The summed E-state index contributed by atoms with van der Waals surface area (Å²) >= 11 is 6.02. The van der Waals surface area contributed by atoms with Gasteiger partial charge in [0, 0.05) is 6.20 Å². The number of hydrogen-bond acceptors (Lipinski definition) is 2. The van der Waals surface area contributed by atoms with Gasteiger partial charge in [0.2, 0.25) is 0 Å². The Morgan fingerprint density at radius 2 is 2.29 bits per heavy atom. The predicted molar refractivity (Wildman–Crippen MR) is 55.6 cm³/mol. The normalized spacial score (nSPS) is 13.4. The van der Waals surface area contributed by atoms with Crippen molar-refractivity contribution >= 4 is 17.2 Å². The van der Waals surface area contributed by atoms with Gasteiger partial charge in [0.25, 0.3) is 0 Å². The van der Waals surface area contributed by atoms with Crippen molar-refractivity contribution in [1.29, 1.82) is 0 Å². The molecule has 0 radical (unpaired) electrons. The molecule has 0 aliphatic heterocycles. The molecule has 0 fully saturated rings. The maximum absolute atomic E-state index is 9.49. The fourth-order valence-corrected chi connectivity index (χ4v) is 1.81. The van der Waals surface area contributed by atoms with Gasteiger partial charge < -0.3 is 5.11 Å².